The van der Waals surface area contributed by atoms with Crippen molar-refractivity contribution >= 4 is 11.9 Å². The van der Waals surface area contributed by atoms with E-state index in [1.165, 1.54) is 0 Å². The number of carbonyl (C=O) groups is 2. The van der Waals surface area contributed by atoms with Gasteiger partial charge in [-0.25, -0.2) is 4.79 Å². The van der Waals surface area contributed by atoms with Crippen molar-refractivity contribution in [3.63, 3.8) is 0 Å². The maximum atomic E-state index is 12.5. The van der Waals surface area contributed by atoms with Crippen LogP contribution in [-0.4, -0.2) is 28.6 Å². The van der Waals surface area contributed by atoms with Crippen LogP contribution in [0, 0.1) is 13.8 Å². The summed E-state index contributed by atoms with van der Waals surface area (Å²) in [6.07, 6.45) is 5.10. The third kappa shape index (κ3) is 4.00. The number of nitrogens with zero attached hydrogens (tertiary/aromatic N) is 1. The summed E-state index contributed by atoms with van der Waals surface area (Å²) in [5, 5.41) is 2.96. The van der Waals surface area contributed by atoms with Gasteiger partial charge in [-0.2, -0.15) is 0 Å². The molecule has 0 spiro atoms. The van der Waals surface area contributed by atoms with Crippen LogP contribution in [0.25, 0.3) is 0 Å². The molecule has 2 aromatic rings. The van der Waals surface area contributed by atoms with E-state index in [1.54, 1.807) is 19.3 Å². The van der Waals surface area contributed by atoms with Crippen LogP contribution in [0.2, 0.25) is 0 Å². The number of rotatable bonds is 6. The van der Waals surface area contributed by atoms with Crippen LogP contribution in [0.1, 0.15) is 60.1 Å². The number of aromatic nitrogens is 1. The summed E-state index contributed by atoms with van der Waals surface area (Å²) < 4.78 is 12.8. The minimum atomic E-state index is -0.809. The molecule has 6 nitrogen and oxygen atoms in total. The van der Waals surface area contributed by atoms with Crippen LogP contribution >= 0.6 is 0 Å². The largest absolute Gasteiger partial charge is 0.467 e. The van der Waals surface area contributed by atoms with Crippen LogP contribution in [0.4, 0.5) is 0 Å². The quantitative estimate of drug-likeness (QED) is 0.804. The van der Waals surface area contributed by atoms with Gasteiger partial charge >= 0.3 is 5.97 Å². The van der Waals surface area contributed by atoms with E-state index in [0.29, 0.717) is 12.1 Å². The third-order valence-corrected chi connectivity index (χ3v) is 5.04. The first-order valence-electron chi connectivity index (χ1n) is 9.16. The summed E-state index contributed by atoms with van der Waals surface area (Å²) in [6.45, 7) is 5.97. The number of ether oxygens (including phenoxy) is 1. The molecule has 1 amide bonds. The Balaban J connectivity index is 1.64. The van der Waals surface area contributed by atoms with Crippen molar-refractivity contribution in [3.8, 4) is 0 Å². The molecule has 0 bridgehead atoms. The average Bonchev–Trinajstić information content (AvgIpc) is 3.34. The van der Waals surface area contributed by atoms with Gasteiger partial charge in [0.1, 0.15) is 5.76 Å². The van der Waals surface area contributed by atoms with Crippen molar-refractivity contribution < 1.29 is 18.7 Å². The molecular weight excluding hydrogens is 332 g/mol. The van der Waals surface area contributed by atoms with Crippen molar-refractivity contribution in [2.45, 2.75) is 65.1 Å². The van der Waals surface area contributed by atoms with Gasteiger partial charge in [0.05, 0.1) is 18.4 Å². The van der Waals surface area contributed by atoms with E-state index in [0.717, 1.165) is 42.8 Å². The first-order valence-corrected chi connectivity index (χ1v) is 9.16. The number of carbonyl (C=O) groups excluding carboxylic acids is 2. The lowest BCUT2D eigenvalue weighted by atomic mass is 10.2. The fourth-order valence-corrected chi connectivity index (χ4v) is 3.48. The van der Waals surface area contributed by atoms with Gasteiger partial charge in [0.25, 0.3) is 5.91 Å². The van der Waals surface area contributed by atoms with E-state index in [1.807, 2.05) is 30.5 Å². The first-order chi connectivity index (χ1) is 12.5. The molecule has 0 unspecified atom stereocenters. The summed E-state index contributed by atoms with van der Waals surface area (Å²) in [5.74, 6) is 0.114. The Morgan fingerprint density at radius 1 is 1.35 bits per heavy atom. The lowest BCUT2D eigenvalue weighted by Crippen LogP contribution is -2.40. The molecule has 1 N–H and O–H groups in total. The van der Waals surface area contributed by atoms with Crippen molar-refractivity contribution in [2.75, 3.05) is 0 Å². The standard InChI is InChI=1S/C20H26N2O4/c1-13-11-18(14(2)22(13)12-17-9-6-10-25-17)20(24)26-15(3)19(23)21-16-7-4-5-8-16/h6,9-11,15-16H,4-5,7-8,12H2,1-3H3,(H,21,23)/t15-/m0/s1. The Bertz CT molecular complexity index is 770. The second-order valence-corrected chi connectivity index (χ2v) is 6.99. The van der Waals surface area contributed by atoms with Crippen molar-refractivity contribution in [1.82, 2.24) is 9.88 Å². The van der Waals surface area contributed by atoms with E-state index in [9.17, 15) is 9.59 Å². The van der Waals surface area contributed by atoms with E-state index in [4.69, 9.17) is 9.15 Å². The number of aryl methyl sites for hydroxylation is 1. The van der Waals surface area contributed by atoms with Crippen LogP contribution in [0.3, 0.4) is 0 Å². The van der Waals surface area contributed by atoms with Gasteiger partial charge in [0.2, 0.25) is 0 Å². The Hall–Kier alpha value is -2.50. The second-order valence-electron chi connectivity index (χ2n) is 6.99. The molecule has 2 heterocycles. The maximum absolute atomic E-state index is 12.5. The van der Waals surface area contributed by atoms with E-state index in [2.05, 4.69) is 5.32 Å². The lowest BCUT2D eigenvalue weighted by Gasteiger charge is -2.17. The predicted molar refractivity (Wildman–Crippen MR) is 97.0 cm³/mol. The molecule has 1 aliphatic carbocycles. The molecule has 26 heavy (non-hydrogen) atoms. The molecule has 1 atom stereocenters. The zero-order valence-electron chi connectivity index (χ0n) is 15.6. The van der Waals surface area contributed by atoms with Gasteiger partial charge < -0.3 is 19.0 Å². The number of esters is 1. The lowest BCUT2D eigenvalue weighted by molar-refractivity contribution is -0.129. The summed E-state index contributed by atoms with van der Waals surface area (Å²) in [5.41, 5.74) is 2.22. The van der Waals surface area contributed by atoms with Crippen molar-refractivity contribution in [2.24, 2.45) is 0 Å². The molecule has 140 valence electrons. The van der Waals surface area contributed by atoms with Gasteiger partial charge in [-0.05, 0) is 51.8 Å². The molecule has 6 heteroatoms. The molecule has 1 fully saturated rings. The van der Waals surface area contributed by atoms with Gasteiger partial charge in [-0.15, -0.1) is 0 Å². The number of hydrogen-bond donors (Lipinski definition) is 1. The molecule has 0 aliphatic heterocycles. The van der Waals surface area contributed by atoms with E-state index in [-0.39, 0.29) is 11.9 Å². The highest BCUT2D eigenvalue weighted by Gasteiger charge is 2.25. The second kappa shape index (κ2) is 7.81. The van der Waals surface area contributed by atoms with Gasteiger partial charge in [0.15, 0.2) is 6.10 Å². The third-order valence-electron chi connectivity index (χ3n) is 5.04. The summed E-state index contributed by atoms with van der Waals surface area (Å²) in [7, 11) is 0. The highest BCUT2D eigenvalue weighted by Crippen LogP contribution is 2.20. The summed E-state index contributed by atoms with van der Waals surface area (Å²) in [6, 6.07) is 5.74. The molecular formula is C20H26N2O4. The van der Waals surface area contributed by atoms with Crippen LogP contribution in [0.5, 0.6) is 0 Å². The first kappa shape index (κ1) is 18.3. The number of amides is 1. The number of hydrogen-bond acceptors (Lipinski definition) is 4. The number of furan rings is 1. The van der Waals surface area contributed by atoms with Crippen molar-refractivity contribution in [3.05, 3.63) is 47.2 Å². The molecule has 0 radical (unpaired) electrons. The summed E-state index contributed by atoms with van der Waals surface area (Å²) >= 11 is 0. The van der Waals surface area contributed by atoms with E-state index >= 15 is 0 Å². The highest BCUT2D eigenvalue weighted by atomic mass is 16.5. The average molecular weight is 358 g/mol. The summed E-state index contributed by atoms with van der Waals surface area (Å²) in [4.78, 5) is 24.8. The zero-order valence-corrected chi connectivity index (χ0v) is 15.6. The Kier molecular flexibility index (Phi) is 5.49. The minimum absolute atomic E-state index is 0.210. The topological polar surface area (TPSA) is 73.5 Å². The van der Waals surface area contributed by atoms with Gasteiger partial charge in [0, 0.05) is 17.4 Å². The SMILES string of the molecule is Cc1cc(C(=O)O[C@@H](C)C(=O)NC2CCCC2)c(C)n1Cc1ccco1. The Labute approximate surface area is 153 Å². The molecule has 1 aliphatic rings. The molecule has 1 saturated carbocycles. The molecule has 3 rings (SSSR count). The Morgan fingerprint density at radius 2 is 2.08 bits per heavy atom. The Morgan fingerprint density at radius 3 is 2.73 bits per heavy atom. The van der Waals surface area contributed by atoms with Gasteiger partial charge in [-0.1, -0.05) is 12.8 Å². The number of nitrogens with one attached hydrogen (secondary N) is 1. The molecule has 0 saturated heterocycles. The normalized spacial score (nSPS) is 15.8. The fraction of sp³-hybridized carbons (Fsp3) is 0.500. The zero-order chi connectivity index (χ0) is 18.7. The minimum Gasteiger partial charge on any atom is -0.467 e. The molecule has 2 aromatic heterocycles. The van der Waals surface area contributed by atoms with Crippen LogP contribution < -0.4 is 5.32 Å². The maximum Gasteiger partial charge on any atom is 0.340 e. The van der Waals surface area contributed by atoms with Gasteiger partial charge in [-0.3, -0.25) is 4.79 Å². The highest BCUT2D eigenvalue weighted by molar-refractivity contribution is 5.93. The fourth-order valence-electron chi connectivity index (χ4n) is 3.48. The van der Waals surface area contributed by atoms with E-state index < -0.39 is 12.1 Å². The molecule has 0 aromatic carbocycles. The monoisotopic (exact) mass is 358 g/mol. The van der Waals surface area contributed by atoms with Crippen LogP contribution in [0.15, 0.2) is 28.9 Å². The smallest absolute Gasteiger partial charge is 0.340 e. The predicted octanol–water partition coefficient (Wildman–Crippen LogP) is 3.35. The van der Waals surface area contributed by atoms with Crippen molar-refractivity contribution in [1.29, 1.82) is 0 Å². The van der Waals surface area contributed by atoms with Crippen LogP contribution in [-0.2, 0) is 16.1 Å².